The number of benzene rings is 1. The molecule has 2 rings (SSSR count). The van der Waals surface area contributed by atoms with Gasteiger partial charge in [-0.3, -0.25) is 4.79 Å². The van der Waals surface area contributed by atoms with Gasteiger partial charge < -0.3 is 4.98 Å². The number of H-pyrrole nitrogens is 1. The van der Waals surface area contributed by atoms with Crippen molar-refractivity contribution in [3.8, 4) is 10.4 Å². The van der Waals surface area contributed by atoms with E-state index in [0.29, 0.717) is 5.33 Å². The van der Waals surface area contributed by atoms with Crippen LogP contribution in [0.1, 0.15) is 5.69 Å². The van der Waals surface area contributed by atoms with Crippen LogP contribution in [0, 0.1) is 5.82 Å². The summed E-state index contributed by atoms with van der Waals surface area (Å²) in [6.07, 6.45) is 0. The van der Waals surface area contributed by atoms with Gasteiger partial charge in [0.1, 0.15) is 5.82 Å². The fraction of sp³-hybridized carbons (Fsp3) is 0.100. The van der Waals surface area contributed by atoms with Crippen LogP contribution in [0.4, 0.5) is 4.39 Å². The molecule has 0 aliphatic carbocycles. The van der Waals surface area contributed by atoms with Crippen LogP contribution in [0.25, 0.3) is 10.4 Å². The minimum Gasteiger partial charge on any atom is -0.315 e. The van der Waals surface area contributed by atoms with Gasteiger partial charge in [0, 0.05) is 11.0 Å². The Labute approximate surface area is 97.9 Å². The normalized spacial score (nSPS) is 10.5. The number of aromatic nitrogens is 1. The van der Waals surface area contributed by atoms with Crippen LogP contribution >= 0.6 is 27.3 Å². The molecule has 1 aromatic heterocycles. The van der Waals surface area contributed by atoms with Gasteiger partial charge in [-0.1, -0.05) is 39.4 Å². The lowest BCUT2D eigenvalue weighted by molar-refractivity contribution is 0.628. The van der Waals surface area contributed by atoms with Gasteiger partial charge in [-0.05, 0) is 17.7 Å². The Balaban J connectivity index is 2.57. The Morgan fingerprint density at radius 1 is 1.47 bits per heavy atom. The second kappa shape index (κ2) is 4.28. The predicted molar refractivity (Wildman–Crippen MR) is 63.0 cm³/mol. The number of nitrogens with one attached hydrogen (secondary N) is 1. The van der Waals surface area contributed by atoms with Crippen molar-refractivity contribution in [1.82, 2.24) is 4.98 Å². The van der Waals surface area contributed by atoms with Crippen molar-refractivity contribution >= 4 is 27.3 Å². The zero-order chi connectivity index (χ0) is 10.8. The summed E-state index contributed by atoms with van der Waals surface area (Å²) < 4.78 is 13.0. The summed E-state index contributed by atoms with van der Waals surface area (Å²) in [6.45, 7) is 0. The Kier molecular flexibility index (Phi) is 3.02. The smallest absolute Gasteiger partial charge is 0.305 e. The molecule has 0 aliphatic heterocycles. The molecule has 0 bridgehead atoms. The Bertz CT molecular complexity index is 534. The molecule has 0 radical (unpaired) electrons. The van der Waals surface area contributed by atoms with Gasteiger partial charge in [0.05, 0.1) is 4.88 Å². The first-order valence-electron chi connectivity index (χ1n) is 4.24. The largest absolute Gasteiger partial charge is 0.315 e. The third-order valence-corrected chi connectivity index (χ3v) is 3.48. The van der Waals surface area contributed by atoms with Crippen LogP contribution in [-0.4, -0.2) is 4.98 Å². The second-order valence-electron chi connectivity index (χ2n) is 2.97. The lowest BCUT2D eigenvalue weighted by Gasteiger charge is -1.99. The highest BCUT2D eigenvalue weighted by molar-refractivity contribution is 9.08. The molecule has 1 heterocycles. The summed E-state index contributed by atoms with van der Waals surface area (Å²) in [5, 5.41) is 0.553. The summed E-state index contributed by atoms with van der Waals surface area (Å²) >= 11 is 4.37. The number of halogens is 2. The van der Waals surface area contributed by atoms with Gasteiger partial charge in [-0.15, -0.1) is 0 Å². The monoisotopic (exact) mass is 287 g/mol. The molecule has 1 N–H and O–H groups in total. The molecule has 78 valence electrons. The Hall–Kier alpha value is -0.940. The molecule has 0 saturated heterocycles. The SMILES string of the molecule is O=c1[nH]c(CBr)c(-c2cccc(F)c2)s1. The highest BCUT2D eigenvalue weighted by Gasteiger charge is 2.09. The average Bonchev–Trinajstić information content (AvgIpc) is 2.59. The molecule has 0 unspecified atom stereocenters. The highest BCUT2D eigenvalue weighted by Crippen LogP contribution is 2.27. The van der Waals surface area contributed by atoms with E-state index in [0.717, 1.165) is 27.5 Å². The molecule has 2 aromatic rings. The molecule has 0 saturated carbocycles. The second-order valence-corrected chi connectivity index (χ2v) is 4.51. The summed E-state index contributed by atoms with van der Waals surface area (Å²) in [5.41, 5.74) is 1.52. The molecular formula is C10H7BrFNOS. The van der Waals surface area contributed by atoms with E-state index in [4.69, 9.17) is 0 Å². The van der Waals surface area contributed by atoms with E-state index in [2.05, 4.69) is 20.9 Å². The zero-order valence-electron chi connectivity index (χ0n) is 7.59. The minimum absolute atomic E-state index is 0.122. The van der Waals surface area contributed by atoms with Crippen molar-refractivity contribution in [3.05, 3.63) is 45.4 Å². The van der Waals surface area contributed by atoms with Crippen molar-refractivity contribution < 1.29 is 4.39 Å². The van der Waals surface area contributed by atoms with Gasteiger partial charge in [0.25, 0.3) is 0 Å². The van der Waals surface area contributed by atoms with E-state index < -0.39 is 0 Å². The zero-order valence-corrected chi connectivity index (χ0v) is 9.99. The number of hydrogen-bond acceptors (Lipinski definition) is 2. The van der Waals surface area contributed by atoms with Crippen LogP contribution in [0.3, 0.4) is 0 Å². The molecule has 0 spiro atoms. The molecule has 0 fully saturated rings. The van der Waals surface area contributed by atoms with E-state index in [1.807, 2.05) is 0 Å². The molecule has 0 aliphatic rings. The van der Waals surface area contributed by atoms with E-state index in [1.54, 1.807) is 12.1 Å². The van der Waals surface area contributed by atoms with E-state index in [-0.39, 0.29) is 10.7 Å². The van der Waals surface area contributed by atoms with E-state index >= 15 is 0 Å². The Morgan fingerprint density at radius 3 is 2.93 bits per heavy atom. The molecule has 0 atom stereocenters. The number of rotatable bonds is 2. The van der Waals surface area contributed by atoms with Gasteiger partial charge in [0.2, 0.25) is 0 Å². The third kappa shape index (κ3) is 2.18. The van der Waals surface area contributed by atoms with Gasteiger partial charge >= 0.3 is 4.87 Å². The lowest BCUT2D eigenvalue weighted by atomic mass is 10.1. The van der Waals surface area contributed by atoms with Crippen LogP contribution in [0.2, 0.25) is 0 Å². The number of thiazole rings is 1. The maximum Gasteiger partial charge on any atom is 0.305 e. The molecule has 5 heteroatoms. The van der Waals surface area contributed by atoms with E-state index in [1.165, 1.54) is 12.1 Å². The molecule has 2 nitrogen and oxygen atoms in total. The first-order chi connectivity index (χ1) is 7.20. The van der Waals surface area contributed by atoms with Crippen molar-refractivity contribution in [2.24, 2.45) is 0 Å². The van der Waals surface area contributed by atoms with Gasteiger partial charge in [-0.2, -0.15) is 0 Å². The fourth-order valence-corrected chi connectivity index (χ4v) is 2.77. The molecule has 15 heavy (non-hydrogen) atoms. The maximum atomic E-state index is 13.0. The summed E-state index contributed by atoms with van der Waals surface area (Å²) in [6, 6.07) is 6.22. The lowest BCUT2D eigenvalue weighted by Crippen LogP contribution is -1.92. The third-order valence-electron chi connectivity index (χ3n) is 1.94. The van der Waals surface area contributed by atoms with Crippen LogP contribution in [0.5, 0.6) is 0 Å². The average molecular weight is 288 g/mol. The van der Waals surface area contributed by atoms with E-state index in [9.17, 15) is 9.18 Å². The minimum atomic E-state index is -0.297. The first-order valence-corrected chi connectivity index (χ1v) is 6.18. The number of aromatic amines is 1. The predicted octanol–water partition coefficient (Wildman–Crippen LogP) is 3.14. The first kappa shape index (κ1) is 10.6. The van der Waals surface area contributed by atoms with Crippen LogP contribution < -0.4 is 4.87 Å². The Morgan fingerprint density at radius 2 is 2.27 bits per heavy atom. The summed E-state index contributed by atoms with van der Waals surface area (Å²) in [7, 11) is 0. The number of alkyl halides is 1. The number of hydrogen-bond donors (Lipinski definition) is 1. The topological polar surface area (TPSA) is 32.9 Å². The van der Waals surface area contributed by atoms with Gasteiger partial charge in [-0.25, -0.2) is 4.39 Å². The van der Waals surface area contributed by atoms with Crippen LogP contribution in [-0.2, 0) is 5.33 Å². The maximum absolute atomic E-state index is 13.0. The molecular weight excluding hydrogens is 281 g/mol. The quantitative estimate of drug-likeness (QED) is 0.846. The van der Waals surface area contributed by atoms with Crippen molar-refractivity contribution in [3.63, 3.8) is 0 Å². The highest BCUT2D eigenvalue weighted by atomic mass is 79.9. The van der Waals surface area contributed by atoms with Crippen molar-refractivity contribution in [2.45, 2.75) is 5.33 Å². The van der Waals surface area contributed by atoms with Crippen molar-refractivity contribution in [1.29, 1.82) is 0 Å². The van der Waals surface area contributed by atoms with Crippen molar-refractivity contribution in [2.75, 3.05) is 0 Å². The molecule has 0 amide bonds. The fourth-order valence-electron chi connectivity index (χ4n) is 1.32. The summed E-state index contributed by atoms with van der Waals surface area (Å²) in [5.74, 6) is -0.297. The summed E-state index contributed by atoms with van der Waals surface area (Å²) in [4.78, 5) is 14.5. The van der Waals surface area contributed by atoms with Crippen LogP contribution in [0.15, 0.2) is 29.1 Å². The van der Waals surface area contributed by atoms with Gasteiger partial charge in [0.15, 0.2) is 0 Å². The standard InChI is InChI=1S/C10H7BrFNOS/c11-5-8-9(15-10(14)13-8)6-2-1-3-7(12)4-6/h1-4H,5H2,(H,13,14). The molecule has 1 aromatic carbocycles.